The second kappa shape index (κ2) is 6.04. The largest absolute Gasteiger partial charge is 0.376 e. The number of aromatic nitrogens is 1. The van der Waals surface area contributed by atoms with E-state index in [4.69, 9.17) is 11.6 Å². The molecule has 18 heavy (non-hydrogen) atoms. The first-order valence-corrected chi connectivity index (χ1v) is 7.35. The van der Waals surface area contributed by atoms with E-state index in [1.165, 1.54) is 5.56 Å². The SMILES string of the molecule is CC(Nc1cc(Br)cnc1Cl)c1ccc(Br)cc1. The van der Waals surface area contributed by atoms with Crippen LogP contribution in [0, 0.1) is 0 Å². The Morgan fingerprint density at radius 3 is 2.50 bits per heavy atom. The zero-order valence-electron chi connectivity index (χ0n) is 9.62. The second-order valence-corrected chi connectivity index (χ2v) is 6.10. The van der Waals surface area contributed by atoms with E-state index >= 15 is 0 Å². The van der Waals surface area contributed by atoms with E-state index in [1.54, 1.807) is 6.20 Å². The van der Waals surface area contributed by atoms with Gasteiger partial charge in [0.25, 0.3) is 0 Å². The molecule has 1 unspecified atom stereocenters. The van der Waals surface area contributed by atoms with Crippen LogP contribution in [-0.4, -0.2) is 4.98 Å². The van der Waals surface area contributed by atoms with Gasteiger partial charge in [0.05, 0.1) is 5.69 Å². The Kier molecular flexibility index (Phi) is 4.65. The van der Waals surface area contributed by atoms with Gasteiger partial charge in [-0.1, -0.05) is 39.7 Å². The first-order valence-electron chi connectivity index (χ1n) is 5.39. The third-order valence-electron chi connectivity index (χ3n) is 2.55. The molecule has 0 fully saturated rings. The molecule has 2 rings (SSSR count). The Labute approximate surface area is 128 Å². The van der Waals surface area contributed by atoms with Crippen molar-refractivity contribution in [2.24, 2.45) is 0 Å². The summed E-state index contributed by atoms with van der Waals surface area (Å²) >= 11 is 12.9. The summed E-state index contributed by atoms with van der Waals surface area (Å²) in [5.74, 6) is 0. The fourth-order valence-electron chi connectivity index (χ4n) is 1.59. The average Bonchev–Trinajstić information content (AvgIpc) is 2.34. The van der Waals surface area contributed by atoms with Crippen molar-refractivity contribution in [3.8, 4) is 0 Å². The molecule has 0 saturated carbocycles. The van der Waals surface area contributed by atoms with Crippen LogP contribution in [0.5, 0.6) is 0 Å². The van der Waals surface area contributed by atoms with E-state index in [0.29, 0.717) is 5.15 Å². The molecule has 0 radical (unpaired) electrons. The third-order valence-corrected chi connectivity index (χ3v) is 3.81. The number of hydrogen-bond donors (Lipinski definition) is 1. The number of benzene rings is 1. The number of pyridine rings is 1. The molecule has 1 aromatic heterocycles. The highest BCUT2D eigenvalue weighted by atomic mass is 79.9. The summed E-state index contributed by atoms with van der Waals surface area (Å²) in [6.45, 7) is 2.08. The van der Waals surface area contributed by atoms with E-state index < -0.39 is 0 Å². The molecule has 1 heterocycles. The van der Waals surface area contributed by atoms with Gasteiger partial charge >= 0.3 is 0 Å². The first-order chi connectivity index (χ1) is 8.56. The van der Waals surface area contributed by atoms with Crippen molar-refractivity contribution in [3.05, 3.63) is 56.2 Å². The fraction of sp³-hybridized carbons (Fsp3) is 0.154. The van der Waals surface area contributed by atoms with Crippen molar-refractivity contribution >= 4 is 49.1 Å². The standard InChI is InChI=1S/C13H11Br2ClN2/c1-8(9-2-4-10(14)5-3-9)18-12-6-11(15)7-17-13(12)16/h2-8,18H,1H3. The zero-order chi connectivity index (χ0) is 13.1. The minimum atomic E-state index is 0.159. The summed E-state index contributed by atoms with van der Waals surface area (Å²) in [5.41, 5.74) is 2.01. The molecule has 0 spiro atoms. The van der Waals surface area contributed by atoms with Gasteiger partial charge in [0.1, 0.15) is 0 Å². The Balaban J connectivity index is 2.18. The van der Waals surface area contributed by atoms with Crippen molar-refractivity contribution in [1.82, 2.24) is 4.98 Å². The Bertz CT molecular complexity index is 543. The number of halogens is 3. The smallest absolute Gasteiger partial charge is 0.152 e. The van der Waals surface area contributed by atoms with Gasteiger partial charge in [-0.2, -0.15) is 0 Å². The topological polar surface area (TPSA) is 24.9 Å². The lowest BCUT2D eigenvalue weighted by Crippen LogP contribution is -2.07. The highest BCUT2D eigenvalue weighted by Gasteiger charge is 2.08. The predicted octanol–water partition coefficient (Wildman–Crippen LogP) is 5.43. The number of anilines is 1. The minimum absolute atomic E-state index is 0.159. The summed E-state index contributed by atoms with van der Waals surface area (Å²) in [5, 5.41) is 3.82. The Hall–Kier alpha value is -0.580. The molecule has 94 valence electrons. The van der Waals surface area contributed by atoms with Crippen LogP contribution in [0.1, 0.15) is 18.5 Å². The van der Waals surface area contributed by atoms with Crippen molar-refractivity contribution < 1.29 is 0 Å². The van der Waals surface area contributed by atoms with Crippen LogP contribution in [0.2, 0.25) is 5.15 Å². The van der Waals surface area contributed by atoms with Gasteiger partial charge in [0.15, 0.2) is 5.15 Å². The third kappa shape index (κ3) is 3.46. The first kappa shape index (κ1) is 13.8. The summed E-state index contributed by atoms with van der Waals surface area (Å²) in [7, 11) is 0. The van der Waals surface area contributed by atoms with Crippen molar-refractivity contribution in [2.75, 3.05) is 5.32 Å². The lowest BCUT2D eigenvalue weighted by Gasteiger charge is -2.16. The minimum Gasteiger partial charge on any atom is -0.376 e. The predicted molar refractivity (Wildman–Crippen MR) is 83.1 cm³/mol. The van der Waals surface area contributed by atoms with Gasteiger partial charge in [0.2, 0.25) is 0 Å². The summed E-state index contributed by atoms with van der Waals surface area (Å²) in [6.07, 6.45) is 1.68. The van der Waals surface area contributed by atoms with Crippen molar-refractivity contribution in [1.29, 1.82) is 0 Å². The number of rotatable bonds is 3. The van der Waals surface area contributed by atoms with E-state index in [2.05, 4.69) is 61.2 Å². The summed E-state index contributed by atoms with van der Waals surface area (Å²) in [4.78, 5) is 4.09. The van der Waals surface area contributed by atoms with Crippen molar-refractivity contribution in [3.63, 3.8) is 0 Å². The molecule has 2 aromatic rings. The van der Waals surface area contributed by atoms with Crippen LogP contribution < -0.4 is 5.32 Å². The molecule has 0 aliphatic carbocycles. The molecular formula is C13H11Br2ClN2. The van der Waals surface area contributed by atoms with Crippen LogP contribution in [0.15, 0.2) is 45.5 Å². The molecule has 0 bridgehead atoms. The fourth-order valence-corrected chi connectivity index (χ4v) is 2.35. The van der Waals surface area contributed by atoms with Gasteiger partial charge in [-0.25, -0.2) is 4.98 Å². The molecule has 1 atom stereocenters. The molecule has 0 aliphatic heterocycles. The van der Waals surface area contributed by atoms with E-state index in [1.807, 2.05) is 18.2 Å². The average molecular weight is 391 g/mol. The highest BCUT2D eigenvalue weighted by molar-refractivity contribution is 9.10. The lowest BCUT2D eigenvalue weighted by molar-refractivity contribution is 0.882. The molecule has 1 aromatic carbocycles. The monoisotopic (exact) mass is 388 g/mol. The van der Waals surface area contributed by atoms with Gasteiger partial charge < -0.3 is 5.32 Å². The number of nitrogens with zero attached hydrogens (tertiary/aromatic N) is 1. The quantitative estimate of drug-likeness (QED) is 0.707. The molecule has 0 aliphatic rings. The molecule has 2 nitrogen and oxygen atoms in total. The maximum Gasteiger partial charge on any atom is 0.152 e. The van der Waals surface area contributed by atoms with Crippen molar-refractivity contribution in [2.45, 2.75) is 13.0 Å². The van der Waals surface area contributed by atoms with E-state index in [9.17, 15) is 0 Å². The number of hydrogen-bond acceptors (Lipinski definition) is 2. The van der Waals surface area contributed by atoms with Gasteiger partial charge in [-0.05, 0) is 46.6 Å². The van der Waals surface area contributed by atoms with Gasteiger partial charge in [-0.15, -0.1) is 0 Å². The van der Waals surface area contributed by atoms with Crippen LogP contribution in [0.4, 0.5) is 5.69 Å². The summed E-state index contributed by atoms with van der Waals surface area (Å²) in [6, 6.07) is 10.3. The molecule has 0 saturated heterocycles. The van der Waals surface area contributed by atoms with E-state index in [-0.39, 0.29) is 6.04 Å². The normalized spacial score (nSPS) is 12.2. The number of nitrogens with one attached hydrogen (secondary N) is 1. The zero-order valence-corrected chi connectivity index (χ0v) is 13.6. The summed E-state index contributed by atoms with van der Waals surface area (Å²) < 4.78 is 1.97. The van der Waals surface area contributed by atoms with Gasteiger partial charge in [0, 0.05) is 21.2 Å². The van der Waals surface area contributed by atoms with Crippen LogP contribution in [0.3, 0.4) is 0 Å². The maximum absolute atomic E-state index is 6.05. The van der Waals surface area contributed by atoms with E-state index in [0.717, 1.165) is 14.6 Å². The van der Waals surface area contributed by atoms with Gasteiger partial charge in [-0.3, -0.25) is 0 Å². The molecule has 5 heteroatoms. The van der Waals surface area contributed by atoms with Crippen LogP contribution >= 0.6 is 43.5 Å². The lowest BCUT2D eigenvalue weighted by atomic mass is 10.1. The van der Waals surface area contributed by atoms with Crippen LogP contribution in [-0.2, 0) is 0 Å². The molecule has 1 N–H and O–H groups in total. The molecule has 0 amide bonds. The van der Waals surface area contributed by atoms with Crippen LogP contribution in [0.25, 0.3) is 0 Å². The molecular weight excluding hydrogens is 379 g/mol. The second-order valence-electron chi connectivity index (χ2n) is 3.91. The highest BCUT2D eigenvalue weighted by Crippen LogP contribution is 2.27. The Morgan fingerprint density at radius 1 is 1.17 bits per heavy atom. The Morgan fingerprint density at radius 2 is 1.83 bits per heavy atom. The maximum atomic E-state index is 6.05.